The lowest BCUT2D eigenvalue weighted by Gasteiger charge is -2.36. The van der Waals surface area contributed by atoms with Crippen LogP contribution in [0.5, 0.6) is 5.75 Å². The fourth-order valence-electron chi connectivity index (χ4n) is 4.59. The quantitative estimate of drug-likeness (QED) is 0.832. The summed E-state index contributed by atoms with van der Waals surface area (Å²) >= 11 is 1.62. The van der Waals surface area contributed by atoms with Crippen LogP contribution in [0.15, 0.2) is 12.1 Å². The van der Waals surface area contributed by atoms with Gasteiger partial charge in [-0.05, 0) is 37.9 Å². The number of fused-ring (bicyclic) bond motifs is 5. The summed E-state index contributed by atoms with van der Waals surface area (Å²) in [5.41, 5.74) is 2.34. The van der Waals surface area contributed by atoms with Gasteiger partial charge in [0, 0.05) is 17.5 Å². The van der Waals surface area contributed by atoms with Gasteiger partial charge in [-0.1, -0.05) is 11.3 Å². The summed E-state index contributed by atoms with van der Waals surface area (Å²) in [6.07, 6.45) is 4.20. The second-order valence-corrected chi connectivity index (χ2v) is 8.23. The molecule has 3 fully saturated rings. The highest BCUT2D eigenvalue weighted by atomic mass is 32.1. The Labute approximate surface area is 143 Å². The van der Waals surface area contributed by atoms with Gasteiger partial charge in [0.15, 0.2) is 5.13 Å². The van der Waals surface area contributed by atoms with Crippen molar-refractivity contribution in [2.24, 2.45) is 0 Å². The van der Waals surface area contributed by atoms with Crippen LogP contribution in [-0.4, -0.2) is 41.8 Å². The van der Waals surface area contributed by atoms with Gasteiger partial charge in [0.2, 0.25) is 0 Å². The van der Waals surface area contributed by atoms with Crippen LogP contribution < -0.4 is 20.3 Å². The molecule has 1 aromatic heterocycles. The van der Waals surface area contributed by atoms with E-state index in [2.05, 4.69) is 16.7 Å². The molecular weight excluding hydrogens is 324 g/mol. The van der Waals surface area contributed by atoms with Crippen LogP contribution >= 0.6 is 11.3 Å². The number of rotatable bonds is 1. The summed E-state index contributed by atoms with van der Waals surface area (Å²) < 4.78 is 6.79. The van der Waals surface area contributed by atoms with Crippen LogP contribution in [0.1, 0.15) is 24.8 Å². The van der Waals surface area contributed by atoms with Crippen LogP contribution in [0.3, 0.4) is 0 Å². The molecule has 0 unspecified atom stereocenters. The van der Waals surface area contributed by atoms with Crippen molar-refractivity contribution in [1.29, 1.82) is 0 Å². The van der Waals surface area contributed by atoms with Gasteiger partial charge in [-0.25, -0.2) is 9.78 Å². The number of carbonyl (C=O) groups excluding carboxylic acids is 1. The van der Waals surface area contributed by atoms with Gasteiger partial charge in [-0.2, -0.15) is 0 Å². The molecule has 6 rings (SSSR count). The largest absolute Gasteiger partial charge is 0.493 e. The summed E-state index contributed by atoms with van der Waals surface area (Å²) in [6, 6.07) is 4.53. The molecule has 124 valence electrons. The summed E-state index contributed by atoms with van der Waals surface area (Å²) in [6.45, 7) is 1.70. The first-order valence-corrected chi connectivity index (χ1v) is 9.47. The summed E-state index contributed by atoms with van der Waals surface area (Å²) in [5, 5.41) is 7.67. The van der Waals surface area contributed by atoms with Crippen LogP contribution in [0, 0.1) is 0 Å². The minimum atomic E-state index is 0.00641. The Morgan fingerprint density at radius 2 is 2.29 bits per heavy atom. The lowest BCUT2D eigenvalue weighted by molar-refractivity contribution is 0.248. The van der Waals surface area contributed by atoms with E-state index >= 15 is 0 Å². The molecule has 6 nitrogen and oxygen atoms in total. The van der Waals surface area contributed by atoms with Crippen molar-refractivity contribution in [1.82, 2.24) is 15.6 Å². The highest BCUT2D eigenvalue weighted by Gasteiger charge is 2.59. The first-order chi connectivity index (χ1) is 11.8. The Morgan fingerprint density at radius 3 is 3.17 bits per heavy atom. The van der Waals surface area contributed by atoms with E-state index in [0.717, 1.165) is 59.9 Å². The lowest BCUT2D eigenvalue weighted by atomic mass is 9.92. The zero-order valence-corrected chi connectivity index (χ0v) is 14.0. The SMILES string of the molecule is O=C1N[C@@H]2[C@@H](CCNC23CC3)N1c1nc2c3c(ccc2s1)OCC3. The molecule has 3 aliphatic heterocycles. The van der Waals surface area contributed by atoms with Crippen LogP contribution in [0.4, 0.5) is 9.93 Å². The van der Waals surface area contributed by atoms with Crippen molar-refractivity contribution in [3.05, 3.63) is 17.7 Å². The van der Waals surface area contributed by atoms with Crippen LogP contribution in [0.2, 0.25) is 0 Å². The minimum Gasteiger partial charge on any atom is -0.493 e. The van der Waals surface area contributed by atoms with Crippen molar-refractivity contribution < 1.29 is 9.53 Å². The number of ether oxygens (including phenoxy) is 1. The maximum atomic E-state index is 12.7. The maximum Gasteiger partial charge on any atom is 0.324 e. The molecule has 1 saturated carbocycles. The van der Waals surface area contributed by atoms with E-state index < -0.39 is 0 Å². The third kappa shape index (κ3) is 1.64. The van der Waals surface area contributed by atoms with Crippen LogP contribution in [-0.2, 0) is 6.42 Å². The Hall–Kier alpha value is -1.86. The standard InChI is InChI=1S/C17H18N4O2S/c22-15-20-14-10(3-7-18-17(14)5-6-17)21(15)16-19-13-9-4-8-23-11(9)1-2-12(13)24-16/h1-2,10,14,18H,3-8H2,(H,20,22)/t10-,14-/m1/s1. The molecule has 2 N–H and O–H groups in total. The predicted molar refractivity (Wildman–Crippen MR) is 92.0 cm³/mol. The highest BCUT2D eigenvalue weighted by Crippen LogP contribution is 2.47. The van der Waals surface area contributed by atoms with Gasteiger partial charge < -0.3 is 15.4 Å². The van der Waals surface area contributed by atoms with Gasteiger partial charge in [-0.3, -0.25) is 4.90 Å². The Kier molecular flexibility index (Phi) is 2.46. The molecule has 0 radical (unpaired) electrons. The number of aromatic nitrogens is 1. The molecule has 1 aromatic carbocycles. The number of benzene rings is 1. The average Bonchev–Trinajstić information content (AvgIpc) is 2.94. The van der Waals surface area contributed by atoms with Crippen molar-refractivity contribution in [3.8, 4) is 5.75 Å². The number of amides is 2. The molecule has 2 atom stereocenters. The summed E-state index contributed by atoms with van der Waals surface area (Å²) in [5.74, 6) is 0.946. The molecular formula is C17H18N4O2S. The van der Waals surface area contributed by atoms with E-state index in [1.54, 1.807) is 11.3 Å². The number of hydrogen-bond acceptors (Lipinski definition) is 5. The number of piperidine rings is 1. The minimum absolute atomic E-state index is 0.00641. The molecule has 7 heteroatoms. The van der Waals surface area contributed by atoms with E-state index in [0.29, 0.717) is 0 Å². The molecule has 4 aliphatic rings. The van der Waals surface area contributed by atoms with E-state index in [9.17, 15) is 4.79 Å². The second-order valence-electron chi connectivity index (χ2n) is 7.22. The fourth-order valence-corrected chi connectivity index (χ4v) is 5.64. The predicted octanol–water partition coefficient (Wildman–Crippen LogP) is 2.02. The number of nitrogens with zero attached hydrogens (tertiary/aromatic N) is 2. The molecule has 4 heterocycles. The monoisotopic (exact) mass is 342 g/mol. The molecule has 1 spiro atoms. The van der Waals surface area contributed by atoms with Gasteiger partial charge >= 0.3 is 6.03 Å². The number of urea groups is 1. The highest BCUT2D eigenvalue weighted by molar-refractivity contribution is 7.22. The zero-order valence-electron chi connectivity index (χ0n) is 13.2. The third-order valence-corrected chi connectivity index (χ3v) is 6.96. The van der Waals surface area contributed by atoms with E-state index in [1.807, 2.05) is 11.0 Å². The topological polar surface area (TPSA) is 66.5 Å². The summed E-state index contributed by atoms with van der Waals surface area (Å²) in [7, 11) is 0. The Bertz CT molecular complexity index is 875. The van der Waals surface area contributed by atoms with Crippen molar-refractivity contribution in [3.63, 3.8) is 0 Å². The van der Waals surface area contributed by atoms with Crippen molar-refractivity contribution in [2.75, 3.05) is 18.1 Å². The zero-order chi connectivity index (χ0) is 15.9. The number of carbonyl (C=O) groups is 1. The third-order valence-electron chi connectivity index (χ3n) is 5.94. The smallest absolute Gasteiger partial charge is 0.324 e. The Balaban J connectivity index is 1.44. The molecule has 2 amide bonds. The molecule has 24 heavy (non-hydrogen) atoms. The second kappa shape index (κ2) is 4.40. The lowest BCUT2D eigenvalue weighted by Crippen LogP contribution is -2.58. The van der Waals surface area contributed by atoms with Gasteiger partial charge in [0.05, 0.1) is 28.9 Å². The molecule has 2 aromatic rings. The number of thiazole rings is 1. The van der Waals surface area contributed by atoms with Gasteiger partial charge in [0.25, 0.3) is 0 Å². The summed E-state index contributed by atoms with van der Waals surface area (Å²) in [4.78, 5) is 19.5. The Morgan fingerprint density at radius 1 is 1.38 bits per heavy atom. The maximum absolute atomic E-state index is 12.7. The molecule has 2 saturated heterocycles. The number of hydrogen-bond donors (Lipinski definition) is 2. The average molecular weight is 342 g/mol. The molecule has 0 bridgehead atoms. The van der Waals surface area contributed by atoms with Crippen molar-refractivity contribution >= 4 is 32.7 Å². The molecule has 1 aliphatic carbocycles. The van der Waals surface area contributed by atoms with Crippen LogP contribution in [0.25, 0.3) is 10.2 Å². The van der Waals surface area contributed by atoms with E-state index in [1.165, 1.54) is 5.56 Å². The first-order valence-electron chi connectivity index (χ1n) is 8.65. The van der Waals surface area contributed by atoms with Gasteiger partial charge in [0.1, 0.15) is 5.75 Å². The first kappa shape index (κ1) is 13.4. The normalized spacial score (nSPS) is 29.5. The number of nitrogens with one attached hydrogen (secondary N) is 2. The van der Waals surface area contributed by atoms with Crippen molar-refractivity contribution in [2.45, 2.75) is 43.3 Å². The van der Waals surface area contributed by atoms with E-state index in [-0.39, 0.29) is 23.7 Å². The van der Waals surface area contributed by atoms with E-state index in [4.69, 9.17) is 9.72 Å². The van der Waals surface area contributed by atoms with Gasteiger partial charge in [-0.15, -0.1) is 0 Å². The number of anilines is 1. The fraction of sp³-hybridized carbons (Fsp3) is 0.529.